The average molecular weight is 397 g/mol. The fourth-order valence-electron chi connectivity index (χ4n) is 1.98. The van der Waals surface area contributed by atoms with E-state index in [1.807, 2.05) is 6.07 Å². The topological polar surface area (TPSA) is 66.5 Å². The molecule has 0 unspecified atom stereocenters. The van der Waals surface area contributed by atoms with Gasteiger partial charge in [-0.3, -0.25) is 4.79 Å². The van der Waals surface area contributed by atoms with E-state index < -0.39 is 10.0 Å². The van der Waals surface area contributed by atoms with E-state index in [4.69, 9.17) is 0 Å². The van der Waals surface area contributed by atoms with Gasteiger partial charge in [-0.2, -0.15) is 0 Å². The lowest BCUT2D eigenvalue weighted by Crippen LogP contribution is -2.23. The minimum absolute atomic E-state index is 0.0903. The van der Waals surface area contributed by atoms with Crippen molar-refractivity contribution in [2.24, 2.45) is 0 Å². The molecule has 0 saturated carbocycles. The van der Waals surface area contributed by atoms with Gasteiger partial charge in [0.2, 0.25) is 10.0 Å². The van der Waals surface area contributed by atoms with Crippen LogP contribution in [0.5, 0.6) is 0 Å². The van der Waals surface area contributed by atoms with Crippen molar-refractivity contribution in [1.29, 1.82) is 0 Å². The smallest absolute Gasteiger partial charge is 0.255 e. The number of aryl methyl sites for hydroxylation is 1. The van der Waals surface area contributed by atoms with Crippen LogP contribution in [-0.2, 0) is 10.0 Å². The second-order valence-corrected chi connectivity index (χ2v) is 8.30. The van der Waals surface area contributed by atoms with Gasteiger partial charge in [-0.1, -0.05) is 28.1 Å². The maximum atomic E-state index is 12.5. The lowest BCUT2D eigenvalue weighted by atomic mass is 10.1. The Kier molecular flexibility index (Phi) is 5.23. The molecule has 7 heteroatoms. The number of hydrogen-bond donors (Lipinski definition) is 1. The summed E-state index contributed by atoms with van der Waals surface area (Å²) in [5.74, 6) is -0.351. The third kappa shape index (κ3) is 3.99. The molecule has 0 radical (unpaired) electrons. The molecule has 2 aromatic carbocycles. The summed E-state index contributed by atoms with van der Waals surface area (Å²) in [6, 6.07) is 11.7. The Morgan fingerprint density at radius 2 is 1.83 bits per heavy atom. The van der Waals surface area contributed by atoms with Crippen LogP contribution in [0.1, 0.15) is 15.9 Å². The molecular weight excluding hydrogens is 380 g/mol. The summed E-state index contributed by atoms with van der Waals surface area (Å²) in [6.45, 7) is 1.77. The van der Waals surface area contributed by atoms with Crippen LogP contribution in [0.3, 0.4) is 0 Å². The van der Waals surface area contributed by atoms with Gasteiger partial charge in [-0.25, -0.2) is 12.7 Å². The largest absolute Gasteiger partial charge is 0.322 e. The maximum Gasteiger partial charge on any atom is 0.255 e. The first kappa shape index (κ1) is 17.7. The van der Waals surface area contributed by atoms with Crippen molar-refractivity contribution >= 4 is 37.5 Å². The van der Waals surface area contributed by atoms with E-state index in [2.05, 4.69) is 21.2 Å². The summed E-state index contributed by atoms with van der Waals surface area (Å²) in [6.07, 6.45) is 0. The monoisotopic (exact) mass is 396 g/mol. The average Bonchev–Trinajstić information content (AvgIpc) is 2.47. The highest BCUT2D eigenvalue weighted by Gasteiger charge is 2.20. The van der Waals surface area contributed by atoms with E-state index in [0.29, 0.717) is 16.8 Å². The Morgan fingerprint density at radius 3 is 2.43 bits per heavy atom. The van der Waals surface area contributed by atoms with Gasteiger partial charge in [0, 0.05) is 29.8 Å². The third-order valence-electron chi connectivity index (χ3n) is 3.31. The molecule has 23 heavy (non-hydrogen) atoms. The van der Waals surface area contributed by atoms with E-state index in [1.54, 1.807) is 31.2 Å². The highest BCUT2D eigenvalue weighted by Crippen LogP contribution is 2.21. The number of rotatable bonds is 4. The Labute approximate surface area is 144 Å². The van der Waals surface area contributed by atoms with Crippen LogP contribution in [0.25, 0.3) is 0 Å². The number of nitrogens with one attached hydrogen (secondary N) is 1. The zero-order valence-corrected chi connectivity index (χ0v) is 15.4. The van der Waals surface area contributed by atoms with Gasteiger partial charge in [-0.15, -0.1) is 0 Å². The summed E-state index contributed by atoms with van der Waals surface area (Å²) in [5.41, 5.74) is 1.66. The molecule has 0 aliphatic heterocycles. The molecule has 0 heterocycles. The molecule has 0 aromatic heterocycles. The minimum atomic E-state index is -3.58. The van der Waals surface area contributed by atoms with Gasteiger partial charge < -0.3 is 5.32 Å². The van der Waals surface area contributed by atoms with Gasteiger partial charge in [-0.05, 0) is 42.8 Å². The molecule has 0 aliphatic carbocycles. The maximum absolute atomic E-state index is 12.5. The summed E-state index contributed by atoms with van der Waals surface area (Å²) < 4.78 is 26.4. The molecule has 0 fully saturated rings. The first-order valence-electron chi connectivity index (χ1n) is 6.82. The van der Waals surface area contributed by atoms with Crippen LogP contribution in [-0.4, -0.2) is 32.7 Å². The minimum Gasteiger partial charge on any atom is -0.322 e. The van der Waals surface area contributed by atoms with E-state index in [9.17, 15) is 13.2 Å². The number of halogens is 1. The van der Waals surface area contributed by atoms with E-state index in [0.717, 1.165) is 8.78 Å². The zero-order valence-electron chi connectivity index (χ0n) is 13.0. The highest BCUT2D eigenvalue weighted by atomic mass is 79.9. The fraction of sp³-hybridized carbons (Fsp3) is 0.188. The Balaban J connectivity index is 2.37. The number of sulfonamides is 1. The molecule has 0 aliphatic rings. The number of amides is 1. The van der Waals surface area contributed by atoms with E-state index in [1.165, 1.54) is 26.2 Å². The molecule has 1 N–H and O–H groups in total. The van der Waals surface area contributed by atoms with Gasteiger partial charge >= 0.3 is 0 Å². The van der Waals surface area contributed by atoms with Crippen molar-refractivity contribution in [3.8, 4) is 0 Å². The SMILES string of the molecule is Cc1ccc(S(=O)(=O)N(C)C)cc1C(=O)Nc1cccc(Br)c1. The van der Waals surface area contributed by atoms with Crippen LogP contribution in [0.15, 0.2) is 51.8 Å². The van der Waals surface area contributed by atoms with Crippen LogP contribution in [0.2, 0.25) is 0 Å². The predicted octanol–water partition coefficient (Wildman–Crippen LogP) is 3.26. The Bertz CT molecular complexity index is 848. The van der Waals surface area contributed by atoms with Gasteiger partial charge in [0.1, 0.15) is 0 Å². The normalized spacial score (nSPS) is 11.5. The molecule has 0 saturated heterocycles. The number of hydrogen-bond acceptors (Lipinski definition) is 3. The van der Waals surface area contributed by atoms with Crippen molar-refractivity contribution in [2.45, 2.75) is 11.8 Å². The molecule has 2 aromatic rings. The second kappa shape index (κ2) is 6.82. The molecule has 2 rings (SSSR count). The predicted molar refractivity (Wildman–Crippen MR) is 94.1 cm³/mol. The molecule has 0 atom stereocenters. The summed E-state index contributed by atoms with van der Waals surface area (Å²) in [4.78, 5) is 12.6. The molecule has 5 nitrogen and oxygen atoms in total. The first-order chi connectivity index (χ1) is 10.7. The number of carbonyl (C=O) groups is 1. The fourth-order valence-corrected chi connectivity index (χ4v) is 3.31. The van der Waals surface area contributed by atoms with Crippen molar-refractivity contribution in [2.75, 3.05) is 19.4 Å². The van der Waals surface area contributed by atoms with Crippen molar-refractivity contribution in [1.82, 2.24) is 4.31 Å². The number of benzene rings is 2. The molecule has 122 valence electrons. The quantitative estimate of drug-likeness (QED) is 0.861. The van der Waals surface area contributed by atoms with Crippen LogP contribution >= 0.6 is 15.9 Å². The lowest BCUT2D eigenvalue weighted by molar-refractivity contribution is 0.102. The number of carbonyl (C=O) groups excluding carboxylic acids is 1. The van der Waals surface area contributed by atoms with Gasteiger partial charge in [0.05, 0.1) is 4.90 Å². The molecule has 0 spiro atoms. The summed E-state index contributed by atoms with van der Waals surface area (Å²) in [5, 5.41) is 2.77. The standard InChI is InChI=1S/C16H17BrN2O3S/c1-11-7-8-14(23(21,22)19(2)3)10-15(11)16(20)18-13-6-4-5-12(17)9-13/h4-10H,1-3H3,(H,18,20). The summed E-state index contributed by atoms with van der Waals surface area (Å²) in [7, 11) is -0.674. The molecule has 1 amide bonds. The second-order valence-electron chi connectivity index (χ2n) is 5.23. The van der Waals surface area contributed by atoms with Crippen molar-refractivity contribution < 1.29 is 13.2 Å². The van der Waals surface area contributed by atoms with Gasteiger partial charge in [0.25, 0.3) is 5.91 Å². The number of nitrogens with zero attached hydrogens (tertiary/aromatic N) is 1. The van der Waals surface area contributed by atoms with E-state index >= 15 is 0 Å². The number of anilines is 1. The van der Waals surface area contributed by atoms with Gasteiger partial charge in [0.15, 0.2) is 0 Å². The third-order valence-corrected chi connectivity index (χ3v) is 5.62. The molecule has 0 bridgehead atoms. The van der Waals surface area contributed by atoms with E-state index in [-0.39, 0.29) is 10.8 Å². The highest BCUT2D eigenvalue weighted by molar-refractivity contribution is 9.10. The van der Waals surface area contributed by atoms with Crippen molar-refractivity contribution in [3.05, 3.63) is 58.1 Å². The lowest BCUT2D eigenvalue weighted by Gasteiger charge is -2.14. The van der Waals surface area contributed by atoms with Crippen molar-refractivity contribution in [3.63, 3.8) is 0 Å². The Morgan fingerprint density at radius 1 is 1.13 bits per heavy atom. The first-order valence-corrected chi connectivity index (χ1v) is 9.05. The zero-order chi connectivity index (χ0) is 17.2. The molecular formula is C16H17BrN2O3S. The summed E-state index contributed by atoms with van der Waals surface area (Å²) >= 11 is 3.34. The van der Waals surface area contributed by atoms with Crippen LogP contribution in [0.4, 0.5) is 5.69 Å². The van der Waals surface area contributed by atoms with Crippen LogP contribution < -0.4 is 5.32 Å². The Hall–Kier alpha value is -1.70. The van der Waals surface area contributed by atoms with Crippen LogP contribution in [0, 0.1) is 6.92 Å².